The van der Waals surface area contributed by atoms with Crippen molar-refractivity contribution in [1.29, 1.82) is 0 Å². The second kappa shape index (κ2) is 11.0. The summed E-state index contributed by atoms with van der Waals surface area (Å²) in [5.74, 6) is 1.95. The molecule has 49 heavy (non-hydrogen) atoms. The van der Waals surface area contributed by atoms with Crippen molar-refractivity contribution >= 4 is 54.1 Å². The normalized spacial score (nSPS) is 11.7. The highest BCUT2D eigenvalue weighted by atomic mass is 15.0. The molecule has 228 valence electrons. The zero-order chi connectivity index (χ0) is 32.3. The molecular weight excluding hydrogens is 597 g/mol. The summed E-state index contributed by atoms with van der Waals surface area (Å²) in [6.07, 6.45) is 0. The Morgan fingerprint density at radius 2 is 0.796 bits per heavy atom. The third-order valence-electron chi connectivity index (χ3n) is 9.61. The second-order valence-electron chi connectivity index (χ2n) is 12.4. The molecule has 0 N–H and O–H groups in total. The Hall–Kier alpha value is -6.65. The number of benzene rings is 8. The van der Waals surface area contributed by atoms with Gasteiger partial charge in [-0.1, -0.05) is 140 Å². The molecule has 8 aromatic carbocycles. The highest BCUT2D eigenvalue weighted by Gasteiger charge is 2.20. The number of hydrogen-bond acceptors (Lipinski definition) is 3. The van der Waals surface area contributed by atoms with Gasteiger partial charge in [-0.05, 0) is 57.3 Å². The second-order valence-corrected chi connectivity index (χ2v) is 12.4. The molecule has 0 aliphatic rings. The van der Waals surface area contributed by atoms with E-state index in [-0.39, 0.29) is 0 Å². The van der Waals surface area contributed by atoms with Gasteiger partial charge in [-0.25, -0.2) is 15.0 Å². The minimum Gasteiger partial charge on any atom is -0.309 e. The Balaban J connectivity index is 1.23. The van der Waals surface area contributed by atoms with Crippen molar-refractivity contribution in [3.63, 3.8) is 0 Å². The van der Waals surface area contributed by atoms with Gasteiger partial charge in [-0.15, -0.1) is 0 Å². The van der Waals surface area contributed by atoms with E-state index in [0.29, 0.717) is 17.5 Å². The summed E-state index contributed by atoms with van der Waals surface area (Å²) in [6.45, 7) is 0. The van der Waals surface area contributed by atoms with Gasteiger partial charge in [0.25, 0.3) is 0 Å². The molecule has 0 saturated carbocycles. The maximum atomic E-state index is 4.97. The molecule has 0 atom stereocenters. The molecule has 0 aliphatic carbocycles. The Morgan fingerprint density at radius 1 is 0.327 bits per heavy atom. The first-order chi connectivity index (χ1) is 24.3. The summed E-state index contributed by atoms with van der Waals surface area (Å²) in [4.78, 5) is 14.8. The largest absolute Gasteiger partial charge is 0.309 e. The predicted octanol–water partition coefficient (Wildman–Crippen LogP) is 11.4. The fourth-order valence-electron chi connectivity index (χ4n) is 7.40. The smallest absolute Gasteiger partial charge is 0.164 e. The van der Waals surface area contributed by atoms with Gasteiger partial charge in [-0.3, -0.25) is 0 Å². The van der Waals surface area contributed by atoms with Gasteiger partial charge >= 0.3 is 0 Å². The number of para-hydroxylation sites is 1. The van der Waals surface area contributed by atoms with Crippen LogP contribution in [0.15, 0.2) is 170 Å². The number of hydrogen-bond donors (Lipinski definition) is 0. The van der Waals surface area contributed by atoms with Crippen molar-refractivity contribution in [3.05, 3.63) is 170 Å². The summed E-state index contributed by atoms with van der Waals surface area (Å²) in [7, 11) is 0. The van der Waals surface area contributed by atoms with Crippen LogP contribution in [0.3, 0.4) is 0 Å². The first-order valence-electron chi connectivity index (χ1n) is 16.5. The van der Waals surface area contributed by atoms with Crippen LogP contribution >= 0.6 is 0 Å². The topological polar surface area (TPSA) is 43.6 Å². The number of aromatic nitrogens is 4. The van der Waals surface area contributed by atoms with Crippen LogP contribution in [0.2, 0.25) is 0 Å². The van der Waals surface area contributed by atoms with E-state index in [0.717, 1.165) is 22.4 Å². The zero-order valence-electron chi connectivity index (χ0n) is 26.5. The maximum absolute atomic E-state index is 4.97. The van der Waals surface area contributed by atoms with E-state index in [4.69, 9.17) is 15.0 Å². The van der Waals surface area contributed by atoms with Crippen LogP contribution in [0.4, 0.5) is 0 Å². The minimum absolute atomic E-state index is 0.643. The lowest BCUT2D eigenvalue weighted by Gasteiger charge is -2.14. The van der Waals surface area contributed by atoms with E-state index in [1.807, 2.05) is 60.7 Å². The van der Waals surface area contributed by atoms with E-state index >= 15 is 0 Å². The molecule has 0 aliphatic heterocycles. The third kappa shape index (κ3) is 4.35. The van der Waals surface area contributed by atoms with Gasteiger partial charge in [0.1, 0.15) is 0 Å². The van der Waals surface area contributed by atoms with E-state index < -0.39 is 0 Å². The summed E-state index contributed by atoms with van der Waals surface area (Å²) in [5.41, 5.74) is 6.32. The Morgan fingerprint density at radius 3 is 1.45 bits per heavy atom. The van der Waals surface area contributed by atoms with Crippen molar-refractivity contribution in [1.82, 2.24) is 19.5 Å². The average Bonchev–Trinajstić information content (AvgIpc) is 3.54. The third-order valence-corrected chi connectivity index (χ3v) is 9.61. The molecule has 0 unspecified atom stereocenters. The molecule has 0 saturated heterocycles. The molecule has 10 aromatic rings. The first kappa shape index (κ1) is 27.5. The summed E-state index contributed by atoms with van der Waals surface area (Å²) >= 11 is 0. The molecule has 0 radical (unpaired) electrons. The molecule has 10 rings (SSSR count). The zero-order valence-corrected chi connectivity index (χ0v) is 26.5. The minimum atomic E-state index is 0.643. The van der Waals surface area contributed by atoms with Crippen LogP contribution in [0.1, 0.15) is 0 Å². The monoisotopic (exact) mass is 624 g/mol. The van der Waals surface area contributed by atoms with Crippen molar-refractivity contribution in [2.45, 2.75) is 0 Å². The van der Waals surface area contributed by atoms with E-state index in [1.165, 1.54) is 54.1 Å². The summed E-state index contributed by atoms with van der Waals surface area (Å²) in [5, 5.41) is 10.1. The number of nitrogens with zero attached hydrogens (tertiary/aromatic N) is 4. The Labute approximate surface area is 282 Å². The lowest BCUT2D eigenvalue weighted by molar-refractivity contribution is 1.07. The molecule has 2 heterocycles. The highest BCUT2D eigenvalue weighted by Crippen LogP contribution is 2.44. The van der Waals surface area contributed by atoms with Gasteiger partial charge in [0.05, 0.1) is 11.0 Å². The summed E-state index contributed by atoms with van der Waals surface area (Å²) in [6, 6.07) is 59.7. The molecule has 0 bridgehead atoms. The van der Waals surface area contributed by atoms with E-state index in [1.54, 1.807) is 0 Å². The SMILES string of the molecule is c1ccc(-c2nc(-c3ccccc3)nc(-c3ccc(-n4c5ccccc5c5c6ccccc6c6ccc7ccccc7c6c54)cc3)n2)cc1. The van der Waals surface area contributed by atoms with Gasteiger partial charge in [0.2, 0.25) is 0 Å². The van der Waals surface area contributed by atoms with Crippen molar-refractivity contribution in [2.75, 3.05) is 0 Å². The molecule has 2 aromatic heterocycles. The predicted molar refractivity (Wildman–Crippen MR) is 203 cm³/mol. The van der Waals surface area contributed by atoms with Gasteiger partial charge in [0, 0.05) is 38.5 Å². The molecule has 0 fully saturated rings. The maximum Gasteiger partial charge on any atom is 0.164 e. The molecule has 4 heteroatoms. The standard InChI is InChI=1S/C45H28N4/c1-3-14-30(15-4-1)43-46-44(31-16-5-2-6-17-31)48-45(47-43)32-23-26-33(27-24-32)49-39-22-12-11-21-38(39)41-36-20-10-9-19-35(36)37-28-25-29-13-7-8-18-34(29)40(37)42(41)49/h1-28H. The number of rotatable bonds is 4. The van der Waals surface area contributed by atoms with Crippen LogP contribution in [-0.2, 0) is 0 Å². The van der Waals surface area contributed by atoms with Crippen molar-refractivity contribution < 1.29 is 0 Å². The Bertz CT molecular complexity index is 2800. The van der Waals surface area contributed by atoms with Crippen LogP contribution < -0.4 is 0 Å². The lowest BCUT2D eigenvalue weighted by Crippen LogP contribution is -2.00. The molecular formula is C45H28N4. The van der Waals surface area contributed by atoms with Crippen molar-refractivity contribution in [3.8, 4) is 39.9 Å². The Kier molecular flexibility index (Phi) is 6.15. The van der Waals surface area contributed by atoms with E-state index in [9.17, 15) is 0 Å². The van der Waals surface area contributed by atoms with Gasteiger partial charge in [0.15, 0.2) is 17.5 Å². The van der Waals surface area contributed by atoms with Crippen molar-refractivity contribution in [2.24, 2.45) is 0 Å². The van der Waals surface area contributed by atoms with Crippen LogP contribution in [0, 0.1) is 0 Å². The first-order valence-corrected chi connectivity index (χ1v) is 16.5. The average molecular weight is 625 g/mol. The van der Waals surface area contributed by atoms with Gasteiger partial charge < -0.3 is 4.57 Å². The molecule has 0 amide bonds. The van der Waals surface area contributed by atoms with E-state index in [2.05, 4.69) is 114 Å². The lowest BCUT2D eigenvalue weighted by atomic mass is 9.93. The van der Waals surface area contributed by atoms with Crippen LogP contribution in [0.25, 0.3) is 94.0 Å². The van der Waals surface area contributed by atoms with Crippen LogP contribution in [0.5, 0.6) is 0 Å². The highest BCUT2D eigenvalue weighted by molar-refractivity contribution is 6.36. The fourth-order valence-corrected chi connectivity index (χ4v) is 7.40. The molecule has 4 nitrogen and oxygen atoms in total. The fraction of sp³-hybridized carbons (Fsp3) is 0. The van der Waals surface area contributed by atoms with Gasteiger partial charge in [-0.2, -0.15) is 0 Å². The molecule has 0 spiro atoms. The quantitative estimate of drug-likeness (QED) is 0.183. The number of fused-ring (bicyclic) bond motifs is 10. The summed E-state index contributed by atoms with van der Waals surface area (Å²) < 4.78 is 2.44. The van der Waals surface area contributed by atoms with Crippen LogP contribution in [-0.4, -0.2) is 19.5 Å².